The number of aromatic carboxylic acids is 1. The van der Waals surface area contributed by atoms with E-state index in [1.54, 1.807) is 17.0 Å². The summed E-state index contributed by atoms with van der Waals surface area (Å²) in [5, 5.41) is 9.17. The van der Waals surface area contributed by atoms with Crippen molar-refractivity contribution in [2.75, 3.05) is 13.6 Å². The fourth-order valence-electron chi connectivity index (χ4n) is 3.17. The number of carbonyl (C=O) groups is 2. The normalized spacial score (nSPS) is 16.7. The predicted octanol–water partition coefficient (Wildman–Crippen LogP) is 2.97. The molecule has 0 unspecified atom stereocenters. The van der Waals surface area contributed by atoms with E-state index in [1.807, 2.05) is 26.1 Å². The van der Waals surface area contributed by atoms with Crippen molar-refractivity contribution in [2.45, 2.75) is 39.0 Å². The molecule has 1 saturated carbocycles. The number of benzene rings is 1. The van der Waals surface area contributed by atoms with Crippen LogP contribution in [0.3, 0.4) is 0 Å². The van der Waals surface area contributed by atoms with Crippen LogP contribution in [0.4, 0.5) is 0 Å². The maximum atomic E-state index is 12.5. The topological polar surface area (TPSA) is 57.6 Å². The molecule has 114 valence electrons. The summed E-state index contributed by atoms with van der Waals surface area (Å²) in [6.07, 6.45) is 4.74. The first-order valence-corrected chi connectivity index (χ1v) is 7.51. The number of carbonyl (C=O) groups excluding carboxylic acids is 1. The van der Waals surface area contributed by atoms with Crippen LogP contribution in [0.2, 0.25) is 0 Å². The van der Waals surface area contributed by atoms with Crippen LogP contribution in [0.5, 0.6) is 0 Å². The molecule has 1 N–H and O–H groups in total. The lowest BCUT2D eigenvalue weighted by Crippen LogP contribution is -2.39. The minimum atomic E-state index is -0.915. The van der Waals surface area contributed by atoms with Gasteiger partial charge >= 0.3 is 5.97 Å². The van der Waals surface area contributed by atoms with Crippen LogP contribution >= 0.6 is 0 Å². The molecule has 4 heteroatoms. The third kappa shape index (κ3) is 3.43. The van der Waals surface area contributed by atoms with E-state index in [-0.39, 0.29) is 11.3 Å². The third-order valence-corrected chi connectivity index (χ3v) is 4.53. The summed E-state index contributed by atoms with van der Waals surface area (Å²) in [5.74, 6) is -0.727. The molecule has 1 fully saturated rings. The highest BCUT2D eigenvalue weighted by Crippen LogP contribution is 2.38. The van der Waals surface area contributed by atoms with Crippen molar-refractivity contribution in [3.05, 3.63) is 35.4 Å². The number of rotatable bonds is 5. The summed E-state index contributed by atoms with van der Waals surface area (Å²) in [6.45, 7) is 2.60. The molecule has 0 heterocycles. The molecule has 0 saturated heterocycles. The standard InChI is InChI=1S/C17H23NO3/c1-17(10-5-6-11-17)16(21)18(2)12-9-13-7-3-4-8-14(13)15(19)20/h3-4,7-8H,5-6,9-12H2,1-2H3,(H,19,20). The van der Waals surface area contributed by atoms with Crippen LogP contribution < -0.4 is 0 Å². The zero-order valence-electron chi connectivity index (χ0n) is 12.8. The van der Waals surface area contributed by atoms with E-state index >= 15 is 0 Å². The largest absolute Gasteiger partial charge is 0.478 e. The molecule has 0 atom stereocenters. The SMILES string of the molecule is CN(CCc1ccccc1C(=O)O)C(=O)C1(C)CCCC1. The summed E-state index contributed by atoms with van der Waals surface area (Å²) >= 11 is 0. The first-order valence-electron chi connectivity index (χ1n) is 7.51. The van der Waals surface area contributed by atoms with Crippen LogP contribution in [0.25, 0.3) is 0 Å². The minimum absolute atomic E-state index is 0.188. The molecule has 1 aliphatic rings. The van der Waals surface area contributed by atoms with E-state index in [4.69, 9.17) is 0 Å². The van der Waals surface area contributed by atoms with Gasteiger partial charge in [-0.2, -0.15) is 0 Å². The van der Waals surface area contributed by atoms with Gasteiger partial charge in [0.1, 0.15) is 0 Å². The summed E-state index contributed by atoms with van der Waals surface area (Å²) in [6, 6.07) is 6.99. The van der Waals surface area contributed by atoms with Crippen molar-refractivity contribution in [1.82, 2.24) is 4.90 Å². The Morgan fingerprint density at radius 1 is 1.24 bits per heavy atom. The molecular formula is C17H23NO3. The van der Waals surface area contributed by atoms with Gasteiger partial charge < -0.3 is 10.0 Å². The predicted molar refractivity (Wildman–Crippen MR) is 81.3 cm³/mol. The van der Waals surface area contributed by atoms with Gasteiger partial charge in [0.15, 0.2) is 0 Å². The zero-order chi connectivity index (χ0) is 15.5. The van der Waals surface area contributed by atoms with E-state index < -0.39 is 5.97 Å². The molecular weight excluding hydrogens is 266 g/mol. The van der Waals surface area contributed by atoms with Gasteiger partial charge in [-0.3, -0.25) is 4.79 Å². The van der Waals surface area contributed by atoms with Crippen molar-refractivity contribution < 1.29 is 14.7 Å². The summed E-state index contributed by atoms with van der Waals surface area (Å²) < 4.78 is 0. The Morgan fingerprint density at radius 3 is 2.48 bits per heavy atom. The second-order valence-electron chi connectivity index (χ2n) is 6.21. The number of carboxylic acids is 1. The molecule has 0 aromatic heterocycles. The number of nitrogens with zero attached hydrogens (tertiary/aromatic N) is 1. The number of hydrogen-bond donors (Lipinski definition) is 1. The number of carboxylic acid groups (broad SMARTS) is 1. The molecule has 0 bridgehead atoms. The Bertz CT molecular complexity index is 533. The molecule has 1 aromatic rings. The molecule has 0 radical (unpaired) electrons. The highest BCUT2D eigenvalue weighted by atomic mass is 16.4. The molecule has 0 aliphatic heterocycles. The van der Waals surface area contributed by atoms with Crippen LogP contribution in [-0.4, -0.2) is 35.5 Å². The highest BCUT2D eigenvalue weighted by Gasteiger charge is 2.37. The van der Waals surface area contributed by atoms with Crippen molar-refractivity contribution in [1.29, 1.82) is 0 Å². The quantitative estimate of drug-likeness (QED) is 0.906. The van der Waals surface area contributed by atoms with Crippen LogP contribution in [0.15, 0.2) is 24.3 Å². The van der Waals surface area contributed by atoms with Gasteiger partial charge in [-0.05, 0) is 30.9 Å². The maximum absolute atomic E-state index is 12.5. The summed E-state index contributed by atoms with van der Waals surface area (Å²) in [4.78, 5) is 25.5. The fourth-order valence-corrected chi connectivity index (χ4v) is 3.17. The first kappa shape index (κ1) is 15.5. The summed E-state index contributed by atoms with van der Waals surface area (Å²) in [5.41, 5.74) is 0.882. The summed E-state index contributed by atoms with van der Waals surface area (Å²) in [7, 11) is 1.81. The second-order valence-corrected chi connectivity index (χ2v) is 6.21. The molecule has 4 nitrogen and oxygen atoms in total. The molecule has 1 amide bonds. The van der Waals surface area contributed by atoms with Crippen molar-refractivity contribution in [3.63, 3.8) is 0 Å². The van der Waals surface area contributed by atoms with Crippen molar-refractivity contribution in [2.24, 2.45) is 5.41 Å². The Labute approximate surface area is 125 Å². The van der Waals surface area contributed by atoms with E-state index in [9.17, 15) is 14.7 Å². The molecule has 1 aliphatic carbocycles. The fraction of sp³-hybridized carbons (Fsp3) is 0.529. The minimum Gasteiger partial charge on any atom is -0.478 e. The Kier molecular flexibility index (Phi) is 4.66. The second kappa shape index (κ2) is 6.29. The van der Waals surface area contributed by atoms with E-state index in [0.29, 0.717) is 18.5 Å². The van der Waals surface area contributed by atoms with Gasteiger partial charge in [-0.15, -0.1) is 0 Å². The van der Waals surface area contributed by atoms with Crippen LogP contribution in [-0.2, 0) is 11.2 Å². The Balaban J connectivity index is 2.00. The van der Waals surface area contributed by atoms with Gasteiger partial charge in [0.2, 0.25) is 5.91 Å². The first-order chi connectivity index (χ1) is 9.94. The molecule has 0 spiro atoms. The van der Waals surface area contributed by atoms with Gasteiger partial charge in [-0.25, -0.2) is 4.79 Å². The van der Waals surface area contributed by atoms with E-state index in [0.717, 1.165) is 31.2 Å². The monoisotopic (exact) mass is 289 g/mol. The Hall–Kier alpha value is -1.84. The lowest BCUT2D eigenvalue weighted by Gasteiger charge is -2.29. The Morgan fingerprint density at radius 2 is 1.86 bits per heavy atom. The van der Waals surface area contributed by atoms with Crippen LogP contribution in [0, 0.1) is 5.41 Å². The van der Waals surface area contributed by atoms with E-state index in [1.165, 1.54) is 0 Å². The molecule has 1 aromatic carbocycles. The van der Waals surface area contributed by atoms with E-state index in [2.05, 4.69) is 0 Å². The van der Waals surface area contributed by atoms with Crippen molar-refractivity contribution >= 4 is 11.9 Å². The van der Waals surface area contributed by atoms with Gasteiger partial charge in [0.25, 0.3) is 0 Å². The molecule has 21 heavy (non-hydrogen) atoms. The lowest BCUT2D eigenvalue weighted by molar-refractivity contribution is -0.139. The zero-order valence-corrected chi connectivity index (χ0v) is 12.8. The smallest absolute Gasteiger partial charge is 0.335 e. The third-order valence-electron chi connectivity index (χ3n) is 4.53. The average molecular weight is 289 g/mol. The van der Waals surface area contributed by atoms with Crippen LogP contribution in [0.1, 0.15) is 48.5 Å². The van der Waals surface area contributed by atoms with Gasteiger partial charge in [0, 0.05) is 19.0 Å². The van der Waals surface area contributed by atoms with Crippen molar-refractivity contribution in [3.8, 4) is 0 Å². The highest BCUT2D eigenvalue weighted by molar-refractivity contribution is 5.89. The van der Waals surface area contributed by atoms with Gasteiger partial charge in [0.05, 0.1) is 5.56 Å². The number of amides is 1. The number of likely N-dealkylation sites (N-methyl/N-ethyl adjacent to an activating group) is 1. The van der Waals surface area contributed by atoms with Gasteiger partial charge in [-0.1, -0.05) is 38.0 Å². The number of hydrogen-bond acceptors (Lipinski definition) is 2. The average Bonchev–Trinajstić information content (AvgIpc) is 2.92. The lowest BCUT2D eigenvalue weighted by atomic mass is 9.87. The molecule has 2 rings (SSSR count). The maximum Gasteiger partial charge on any atom is 0.335 e.